The van der Waals surface area contributed by atoms with Gasteiger partial charge in [-0.05, 0) is 134 Å². The maximum atomic E-state index is 2.40. The number of nitrogens with zero attached hydrogens (tertiary/aromatic N) is 2. The van der Waals surface area contributed by atoms with Crippen molar-refractivity contribution in [3.8, 4) is 67.0 Å². The standard InChI is InChI=1S/C60H40N2/c1-5-15-41(16-6-1)48-35-49(42-17-7-2-8-18-42)37-50(36-48)44-27-25-43(26-28-44)45-30-33-58-55(38-45)56-39-46(31-34-59(56)61(58)51-19-9-3-10-20-51)47-29-32-54-53-23-13-14-24-57(53)62(60(54)40-47)52-21-11-4-12-22-52/h1-40H. The molecule has 12 rings (SSSR count). The fourth-order valence-corrected chi connectivity index (χ4v) is 9.49. The SMILES string of the molecule is c1ccc(-c2cc(-c3ccccc3)cc(-c3ccc(-c4ccc5c(c4)c4cc(-c6ccc7c8ccccc8n(-c8ccccc8)c7c6)ccc4n5-c4ccccc4)cc3)c2)cc1. The van der Waals surface area contributed by atoms with Crippen molar-refractivity contribution in [3.05, 3.63) is 243 Å². The Morgan fingerprint density at radius 1 is 0.177 bits per heavy atom. The Morgan fingerprint density at radius 2 is 0.516 bits per heavy atom. The van der Waals surface area contributed by atoms with Gasteiger partial charge in [0.05, 0.1) is 22.1 Å². The molecule has 0 bridgehead atoms. The van der Waals surface area contributed by atoms with Crippen molar-refractivity contribution in [3.63, 3.8) is 0 Å². The summed E-state index contributed by atoms with van der Waals surface area (Å²) in [5.41, 5.74) is 19.1. The number of benzene rings is 10. The van der Waals surface area contributed by atoms with Crippen LogP contribution in [0.25, 0.3) is 111 Å². The highest BCUT2D eigenvalue weighted by molar-refractivity contribution is 6.13. The van der Waals surface area contributed by atoms with E-state index in [0.29, 0.717) is 0 Å². The molecule has 2 nitrogen and oxygen atoms in total. The van der Waals surface area contributed by atoms with Gasteiger partial charge in [-0.2, -0.15) is 0 Å². The van der Waals surface area contributed by atoms with E-state index in [2.05, 4.69) is 252 Å². The van der Waals surface area contributed by atoms with Crippen LogP contribution < -0.4 is 0 Å². The molecule has 0 atom stereocenters. The summed E-state index contributed by atoms with van der Waals surface area (Å²) in [6, 6.07) is 88.4. The van der Waals surface area contributed by atoms with Crippen LogP contribution in [0.3, 0.4) is 0 Å². The van der Waals surface area contributed by atoms with E-state index in [4.69, 9.17) is 0 Å². The first kappa shape index (κ1) is 35.7. The normalized spacial score (nSPS) is 11.5. The van der Waals surface area contributed by atoms with E-state index in [0.717, 1.165) is 11.4 Å². The van der Waals surface area contributed by atoms with Gasteiger partial charge in [0, 0.05) is 32.9 Å². The summed E-state index contributed by atoms with van der Waals surface area (Å²) in [5, 5.41) is 4.98. The highest BCUT2D eigenvalue weighted by atomic mass is 15.0. The zero-order valence-electron chi connectivity index (χ0n) is 34.0. The number of hydrogen-bond acceptors (Lipinski definition) is 0. The minimum Gasteiger partial charge on any atom is -0.309 e. The summed E-state index contributed by atoms with van der Waals surface area (Å²) in [5.74, 6) is 0. The molecule has 0 aliphatic heterocycles. The van der Waals surface area contributed by atoms with Crippen molar-refractivity contribution in [1.29, 1.82) is 0 Å². The Labute approximate surface area is 360 Å². The van der Waals surface area contributed by atoms with Gasteiger partial charge in [-0.1, -0.05) is 164 Å². The number of para-hydroxylation sites is 3. The zero-order chi connectivity index (χ0) is 41.0. The van der Waals surface area contributed by atoms with Crippen LogP contribution in [-0.4, -0.2) is 9.13 Å². The second kappa shape index (κ2) is 14.8. The van der Waals surface area contributed by atoms with Gasteiger partial charge in [0.2, 0.25) is 0 Å². The summed E-state index contributed by atoms with van der Waals surface area (Å²) in [6.07, 6.45) is 0. The molecule has 0 fully saturated rings. The molecule has 62 heavy (non-hydrogen) atoms. The van der Waals surface area contributed by atoms with Crippen molar-refractivity contribution in [1.82, 2.24) is 9.13 Å². The topological polar surface area (TPSA) is 9.86 Å². The average Bonchev–Trinajstić information content (AvgIpc) is 3.86. The molecule has 12 aromatic rings. The van der Waals surface area contributed by atoms with Crippen molar-refractivity contribution in [2.24, 2.45) is 0 Å². The van der Waals surface area contributed by atoms with Gasteiger partial charge in [0.15, 0.2) is 0 Å². The first-order valence-electron chi connectivity index (χ1n) is 21.3. The van der Waals surface area contributed by atoms with E-state index >= 15 is 0 Å². The average molecular weight is 789 g/mol. The molecule has 2 aromatic heterocycles. The van der Waals surface area contributed by atoms with Crippen molar-refractivity contribution >= 4 is 43.6 Å². The molecule has 290 valence electrons. The van der Waals surface area contributed by atoms with Crippen molar-refractivity contribution in [2.75, 3.05) is 0 Å². The Balaban J connectivity index is 0.979. The van der Waals surface area contributed by atoms with Crippen LogP contribution in [0, 0.1) is 0 Å². The van der Waals surface area contributed by atoms with E-state index in [9.17, 15) is 0 Å². The second-order valence-electron chi connectivity index (χ2n) is 16.2. The van der Waals surface area contributed by atoms with Crippen LogP contribution in [-0.2, 0) is 0 Å². The lowest BCUT2D eigenvalue weighted by atomic mass is 9.92. The lowest BCUT2D eigenvalue weighted by molar-refractivity contribution is 1.18. The third-order valence-corrected chi connectivity index (χ3v) is 12.5. The van der Waals surface area contributed by atoms with Crippen LogP contribution in [0.1, 0.15) is 0 Å². The monoisotopic (exact) mass is 788 g/mol. The summed E-state index contributed by atoms with van der Waals surface area (Å²) >= 11 is 0. The molecule has 0 radical (unpaired) electrons. The molecule has 2 heteroatoms. The zero-order valence-corrected chi connectivity index (χ0v) is 34.0. The van der Waals surface area contributed by atoms with Gasteiger partial charge in [0.25, 0.3) is 0 Å². The minimum atomic E-state index is 1.15. The quantitative estimate of drug-likeness (QED) is 0.152. The van der Waals surface area contributed by atoms with Gasteiger partial charge in [0.1, 0.15) is 0 Å². The lowest BCUT2D eigenvalue weighted by Gasteiger charge is -2.12. The summed E-state index contributed by atoms with van der Waals surface area (Å²) in [7, 11) is 0. The van der Waals surface area contributed by atoms with Crippen LogP contribution in [0.2, 0.25) is 0 Å². The minimum absolute atomic E-state index is 1.15. The fourth-order valence-electron chi connectivity index (χ4n) is 9.49. The second-order valence-corrected chi connectivity index (χ2v) is 16.2. The first-order valence-corrected chi connectivity index (χ1v) is 21.3. The summed E-state index contributed by atoms with van der Waals surface area (Å²) in [6.45, 7) is 0. The van der Waals surface area contributed by atoms with Crippen molar-refractivity contribution < 1.29 is 0 Å². The molecule has 2 heterocycles. The molecule has 0 aliphatic carbocycles. The van der Waals surface area contributed by atoms with E-state index in [1.165, 1.54) is 99.2 Å². The largest absolute Gasteiger partial charge is 0.309 e. The molecule has 0 spiro atoms. The van der Waals surface area contributed by atoms with Crippen LogP contribution >= 0.6 is 0 Å². The number of fused-ring (bicyclic) bond motifs is 6. The number of aromatic nitrogens is 2. The summed E-state index contributed by atoms with van der Waals surface area (Å²) < 4.78 is 4.80. The molecular formula is C60H40N2. The van der Waals surface area contributed by atoms with Crippen LogP contribution in [0.4, 0.5) is 0 Å². The van der Waals surface area contributed by atoms with E-state index < -0.39 is 0 Å². The first-order chi connectivity index (χ1) is 30.7. The van der Waals surface area contributed by atoms with Crippen molar-refractivity contribution in [2.45, 2.75) is 0 Å². The van der Waals surface area contributed by atoms with E-state index in [-0.39, 0.29) is 0 Å². The maximum absolute atomic E-state index is 2.40. The fraction of sp³-hybridized carbons (Fsp3) is 0. The van der Waals surface area contributed by atoms with E-state index in [1.807, 2.05) is 0 Å². The van der Waals surface area contributed by atoms with Gasteiger partial charge in [-0.15, -0.1) is 0 Å². The molecular weight excluding hydrogens is 749 g/mol. The number of rotatable bonds is 7. The smallest absolute Gasteiger partial charge is 0.0547 e. The Hall–Kier alpha value is -8.20. The van der Waals surface area contributed by atoms with Crippen LogP contribution in [0.15, 0.2) is 243 Å². The highest BCUT2D eigenvalue weighted by Gasteiger charge is 2.17. The Bertz CT molecular complexity index is 3520. The highest BCUT2D eigenvalue weighted by Crippen LogP contribution is 2.40. The van der Waals surface area contributed by atoms with Gasteiger partial charge in [-0.3, -0.25) is 0 Å². The van der Waals surface area contributed by atoms with Gasteiger partial charge >= 0.3 is 0 Å². The van der Waals surface area contributed by atoms with E-state index in [1.54, 1.807) is 0 Å². The van der Waals surface area contributed by atoms with Crippen LogP contribution in [0.5, 0.6) is 0 Å². The molecule has 0 aliphatic rings. The van der Waals surface area contributed by atoms with Gasteiger partial charge < -0.3 is 9.13 Å². The molecule has 0 saturated heterocycles. The third-order valence-electron chi connectivity index (χ3n) is 12.5. The Morgan fingerprint density at radius 3 is 1.05 bits per heavy atom. The lowest BCUT2D eigenvalue weighted by Crippen LogP contribution is -1.93. The third kappa shape index (κ3) is 6.12. The molecule has 0 N–H and O–H groups in total. The Kier molecular flexibility index (Phi) is 8.53. The maximum Gasteiger partial charge on any atom is 0.0547 e. The molecule has 0 amide bonds. The molecule has 10 aromatic carbocycles. The molecule has 0 unspecified atom stereocenters. The predicted octanol–water partition coefficient (Wildman–Crippen LogP) is 16.2. The predicted molar refractivity (Wildman–Crippen MR) is 262 cm³/mol. The molecule has 0 saturated carbocycles. The summed E-state index contributed by atoms with van der Waals surface area (Å²) in [4.78, 5) is 0. The van der Waals surface area contributed by atoms with Gasteiger partial charge in [-0.25, -0.2) is 0 Å². The number of hydrogen-bond donors (Lipinski definition) is 0.